The van der Waals surface area contributed by atoms with Crippen molar-refractivity contribution in [2.75, 3.05) is 20.2 Å². The topological polar surface area (TPSA) is 124 Å². The number of rotatable bonds is 6. The summed E-state index contributed by atoms with van der Waals surface area (Å²) >= 11 is 0. The number of likely N-dealkylation sites (N-methyl/N-ethyl adjacent to an activating group) is 1. The molecule has 0 saturated heterocycles. The summed E-state index contributed by atoms with van der Waals surface area (Å²) in [5.41, 5.74) is 0. The van der Waals surface area contributed by atoms with Crippen molar-refractivity contribution in [3.05, 3.63) is 24.3 Å². The Kier molecular flexibility index (Phi) is 5.45. The first-order valence-corrected chi connectivity index (χ1v) is 8.82. The SMILES string of the molecule is CCOC(=O)CN(C)S(=O)(=O)c1cccc(S(N)(=O)=O)c1. The maximum atomic E-state index is 12.2. The van der Waals surface area contributed by atoms with Crippen LogP contribution in [0, 0.1) is 0 Å². The van der Waals surface area contributed by atoms with Crippen molar-refractivity contribution >= 4 is 26.0 Å². The van der Waals surface area contributed by atoms with Crippen molar-refractivity contribution in [2.24, 2.45) is 5.14 Å². The predicted molar refractivity (Wildman–Crippen MR) is 74.3 cm³/mol. The zero-order chi connectivity index (χ0) is 16.3. The van der Waals surface area contributed by atoms with Gasteiger partial charge < -0.3 is 4.74 Å². The Hall–Kier alpha value is -1.49. The predicted octanol–water partition coefficient (Wildman–Crippen LogP) is -0.482. The number of ether oxygens (including phenoxy) is 1. The van der Waals surface area contributed by atoms with Gasteiger partial charge in [0.2, 0.25) is 20.0 Å². The normalized spacial score (nSPS) is 12.4. The molecule has 0 aromatic heterocycles. The van der Waals surface area contributed by atoms with Gasteiger partial charge in [0.05, 0.1) is 16.4 Å². The molecule has 10 heteroatoms. The van der Waals surface area contributed by atoms with Crippen LogP contribution in [0.1, 0.15) is 6.92 Å². The Morgan fingerprint density at radius 1 is 1.24 bits per heavy atom. The first kappa shape index (κ1) is 17.6. The molecule has 8 nitrogen and oxygen atoms in total. The third kappa shape index (κ3) is 4.49. The van der Waals surface area contributed by atoms with Crippen molar-refractivity contribution in [1.29, 1.82) is 0 Å². The van der Waals surface area contributed by atoms with Crippen LogP contribution in [0.3, 0.4) is 0 Å². The number of hydrogen-bond acceptors (Lipinski definition) is 6. The van der Waals surface area contributed by atoms with E-state index in [9.17, 15) is 21.6 Å². The highest BCUT2D eigenvalue weighted by molar-refractivity contribution is 7.90. The molecule has 1 aromatic rings. The number of benzene rings is 1. The second-order valence-corrected chi connectivity index (χ2v) is 7.69. The molecule has 0 spiro atoms. The van der Waals surface area contributed by atoms with Crippen LogP contribution in [0.5, 0.6) is 0 Å². The number of nitrogens with zero attached hydrogens (tertiary/aromatic N) is 1. The van der Waals surface area contributed by atoms with Gasteiger partial charge in [-0.15, -0.1) is 0 Å². The van der Waals surface area contributed by atoms with Crippen LogP contribution in [0.2, 0.25) is 0 Å². The van der Waals surface area contributed by atoms with Gasteiger partial charge in [0.15, 0.2) is 0 Å². The van der Waals surface area contributed by atoms with Crippen LogP contribution in [-0.2, 0) is 29.6 Å². The van der Waals surface area contributed by atoms with Crippen LogP contribution in [0.15, 0.2) is 34.1 Å². The summed E-state index contributed by atoms with van der Waals surface area (Å²) in [6.07, 6.45) is 0. The molecule has 0 saturated carbocycles. The smallest absolute Gasteiger partial charge is 0.321 e. The zero-order valence-electron chi connectivity index (χ0n) is 11.5. The van der Waals surface area contributed by atoms with E-state index in [4.69, 9.17) is 5.14 Å². The minimum Gasteiger partial charge on any atom is -0.465 e. The molecule has 0 atom stereocenters. The van der Waals surface area contributed by atoms with Crippen molar-refractivity contribution in [1.82, 2.24) is 4.31 Å². The number of carbonyl (C=O) groups is 1. The molecule has 0 radical (unpaired) electrons. The molecule has 118 valence electrons. The molecule has 0 aliphatic heterocycles. The van der Waals surface area contributed by atoms with Crippen LogP contribution in [0.25, 0.3) is 0 Å². The molecule has 0 heterocycles. The van der Waals surface area contributed by atoms with Gasteiger partial charge in [-0.05, 0) is 25.1 Å². The summed E-state index contributed by atoms with van der Waals surface area (Å²) in [6, 6.07) is 4.59. The van der Waals surface area contributed by atoms with Gasteiger partial charge in [-0.1, -0.05) is 6.07 Å². The largest absolute Gasteiger partial charge is 0.465 e. The fourth-order valence-electron chi connectivity index (χ4n) is 1.47. The fraction of sp³-hybridized carbons (Fsp3) is 0.364. The Morgan fingerprint density at radius 2 is 1.81 bits per heavy atom. The maximum Gasteiger partial charge on any atom is 0.321 e. The number of primary sulfonamides is 1. The molecule has 0 unspecified atom stereocenters. The molecular weight excluding hydrogens is 320 g/mol. The Bertz CT molecular complexity index is 727. The molecule has 2 N–H and O–H groups in total. The van der Waals surface area contributed by atoms with E-state index in [0.717, 1.165) is 10.4 Å². The average molecular weight is 336 g/mol. The van der Waals surface area contributed by atoms with Gasteiger partial charge in [-0.2, -0.15) is 4.31 Å². The highest BCUT2D eigenvalue weighted by Gasteiger charge is 2.24. The molecule has 21 heavy (non-hydrogen) atoms. The summed E-state index contributed by atoms with van der Waals surface area (Å²) < 4.78 is 52.4. The van der Waals surface area contributed by atoms with E-state index in [1.165, 1.54) is 25.2 Å². The van der Waals surface area contributed by atoms with Crippen molar-refractivity contribution in [3.8, 4) is 0 Å². The Labute approximate surface area is 123 Å². The minimum atomic E-state index is -4.02. The standard InChI is InChI=1S/C11H16N2O6S2/c1-3-19-11(14)8-13(2)21(17,18)10-6-4-5-9(7-10)20(12,15)16/h4-7H,3,8H2,1-2H3,(H2,12,15,16). The van der Waals surface area contributed by atoms with Crippen LogP contribution in [-0.4, -0.2) is 47.3 Å². The van der Waals surface area contributed by atoms with Gasteiger partial charge >= 0.3 is 5.97 Å². The zero-order valence-corrected chi connectivity index (χ0v) is 13.1. The summed E-state index contributed by atoms with van der Waals surface area (Å²) in [4.78, 5) is 10.7. The lowest BCUT2D eigenvalue weighted by Crippen LogP contribution is -2.33. The first-order valence-electron chi connectivity index (χ1n) is 5.84. The molecule has 0 fully saturated rings. The summed E-state index contributed by atoms with van der Waals surface area (Å²) in [5, 5.41) is 4.95. The molecule has 0 aliphatic rings. The number of hydrogen-bond donors (Lipinski definition) is 1. The van der Waals surface area contributed by atoms with Crippen molar-refractivity contribution < 1.29 is 26.4 Å². The highest BCUT2D eigenvalue weighted by atomic mass is 32.2. The molecule has 0 bridgehead atoms. The number of nitrogens with two attached hydrogens (primary N) is 1. The van der Waals surface area contributed by atoms with Gasteiger partial charge in [0.25, 0.3) is 0 Å². The average Bonchev–Trinajstić information content (AvgIpc) is 2.38. The lowest BCUT2D eigenvalue weighted by atomic mass is 10.4. The second kappa shape index (κ2) is 6.52. The van der Waals surface area contributed by atoms with Gasteiger partial charge in [0, 0.05) is 7.05 Å². The lowest BCUT2D eigenvalue weighted by molar-refractivity contribution is -0.143. The minimum absolute atomic E-state index is 0.133. The highest BCUT2D eigenvalue weighted by Crippen LogP contribution is 2.18. The molecule has 1 aromatic carbocycles. The Morgan fingerprint density at radius 3 is 2.33 bits per heavy atom. The summed E-state index contributed by atoms with van der Waals surface area (Å²) in [6.45, 7) is 1.26. The van der Waals surface area contributed by atoms with Crippen LogP contribution in [0.4, 0.5) is 0 Å². The van der Waals surface area contributed by atoms with E-state index >= 15 is 0 Å². The molecular formula is C11H16N2O6S2. The van der Waals surface area contributed by atoms with E-state index in [1.54, 1.807) is 6.92 Å². The monoisotopic (exact) mass is 336 g/mol. The quantitative estimate of drug-likeness (QED) is 0.700. The molecule has 1 rings (SSSR count). The third-order valence-corrected chi connectivity index (χ3v) is 5.21. The summed E-state index contributed by atoms with van der Waals surface area (Å²) in [5.74, 6) is -0.703. The van der Waals surface area contributed by atoms with Crippen molar-refractivity contribution in [3.63, 3.8) is 0 Å². The maximum absolute atomic E-state index is 12.2. The number of esters is 1. The summed E-state index contributed by atoms with van der Waals surface area (Å²) in [7, 11) is -6.85. The van der Waals surface area contributed by atoms with Crippen LogP contribution < -0.4 is 5.14 Å². The number of sulfonamides is 2. The van der Waals surface area contributed by atoms with Gasteiger partial charge in [0.1, 0.15) is 6.54 Å². The molecule has 0 aliphatic carbocycles. The second-order valence-electron chi connectivity index (χ2n) is 4.09. The molecule has 0 amide bonds. The van der Waals surface area contributed by atoms with E-state index in [1.807, 2.05) is 0 Å². The Balaban J connectivity index is 3.11. The number of carbonyl (C=O) groups excluding carboxylic acids is 1. The van der Waals surface area contributed by atoms with E-state index in [0.29, 0.717) is 0 Å². The third-order valence-electron chi connectivity index (χ3n) is 2.50. The van der Waals surface area contributed by atoms with Crippen molar-refractivity contribution in [2.45, 2.75) is 16.7 Å². The first-order chi connectivity index (χ1) is 9.59. The van der Waals surface area contributed by atoms with Gasteiger partial charge in [-0.3, -0.25) is 4.79 Å². The fourth-order valence-corrected chi connectivity index (χ4v) is 3.26. The van der Waals surface area contributed by atoms with Crippen LogP contribution >= 0.6 is 0 Å². The van der Waals surface area contributed by atoms with E-state index in [-0.39, 0.29) is 16.4 Å². The van der Waals surface area contributed by atoms with Gasteiger partial charge in [-0.25, -0.2) is 22.0 Å². The van der Waals surface area contributed by atoms with E-state index < -0.39 is 32.6 Å². The van der Waals surface area contributed by atoms with E-state index in [2.05, 4.69) is 4.74 Å². The lowest BCUT2D eigenvalue weighted by Gasteiger charge is -2.16.